The van der Waals surface area contributed by atoms with Crippen LogP contribution < -0.4 is 9.64 Å². The molecule has 1 aliphatic heterocycles. The fraction of sp³-hybridized carbons (Fsp3) is 0. The number of fused-ring (bicyclic) bond motifs is 2. The fourth-order valence-corrected chi connectivity index (χ4v) is 4.30. The maximum atomic E-state index is 9.13. The van der Waals surface area contributed by atoms with E-state index in [-0.39, 0.29) is 0 Å². The summed E-state index contributed by atoms with van der Waals surface area (Å²) >= 11 is 0. The molecule has 0 bridgehead atoms. The summed E-state index contributed by atoms with van der Waals surface area (Å²) in [6, 6.07) is 40.6. The third kappa shape index (κ3) is 3.46. The first-order chi connectivity index (χ1) is 16.8. The number of hydrogen-bond donors (Lipinski definition) is 0. The van der Waals surface area contributed by atoms with Crippen molar-refractivity contribution in [2.24, 2.45) is 0 Å². The van der Waals surface area contributed by atoms with E-state index in [9.17, 15) is 0 Å². The Kier molecular flexibility index (Phi) is 4.79. The summed E-state index contributed by atoms with van der Waals surface area (Å²) in [6.45, 7) is 0. The highest BCUT2D eigenvalue weighted by Crippen LogP contribution is 2.50. The highest BCUT2D eigenvalue weighted by Gasteiger charge is 2.25. The van der Waals surface area contributed by atoms with Gasteiger partial charge in [-0.1, -0.05) is 66.7 Å². The first-order valence-electron chi connectivity index (χ1n) is 11.0. The van der Waals surface area contributed by atoms with Crippen molar-refractivity contribution in [3.63, 3.8) is 0 Å². The van der Waals surface area contributed by atoms with Gasteiger partial charge in [0.2, 0.25) is 0 Å². The lowest BCUT2D eigenvalue weighted by Gasteiger charge is -2.33. The van der Waals surface area contributed by atoms with Gasteiger partial charge in [0, 0.05) is 11.3 Å². The molecule has 1 aliphatic rings. The van der Waals surface area contributed by atoms with Crippen LogP contribution in [0.15, 0.2) is 115 Å². The minimum absolute atomic E-state index is 0.417. The van der Waals surface area contributed by atoms with E-state index in [1.807, 2.05) is 60.7 Å². The van der Waals surface area contributed by atoms with Gasteiger partial charge >= 0.3 is 0 Å². The van der Waals surface area contributed by atoms with Crippen molar-refractivity contribution in [2.75, 3.05) is 4.90 Å². The van der Waals surface area contributed by atoms with Crippen molar-refractivity contribution in [1.29, 1.82) is 5.26 Å². The first kappa shape index (κ1) is 19.8. The van der Waals surface area contributed by atoms with Crippen LogP contribution in [0.4, 0.5) is 17.1 Å². The molecule has 0 radical (unpaired) electrons. The van der Waals surface area contributed by atoms with Crippen LogP contribution in [0.5, 0.6) is 11.5 Å². The second-order valence-corrected chi connectivity index (χ2v) is 8.02. The van der Waals surface area contributed by atoms with Crippen LogP contribution in [0.1, 0.15) is 5.69 Å². The van der Waals surface area contributed by atoms with Gasteiger partial charge in [0.05, 0.1) is 17.1 Å². The van der Waals surface area contributed by atoms with Gasteiger partial charge in [0.15, 0.2) is 11.5 Å². The van der Waals surface area contributed by atoms with E-state index >= 15 is 0 Å². The molecule has 4 heteroatoms. The Morgan fingerprint density at radius 2 is 1.26 bits per heavy atom. The molecular formula is C30H19N3O. The van der Waals surface area contributed by atoms with Crippen LogP contribution in [0.3, 0.4) is 0 Å². The first-order valence-corrected chi connectivity index (χ1v) is 11.0. The van der Waals surface area contributed by atoms with Crippen LogP contribution in [0.25, 0.3) is 22.4 Å². The maximum absolute atomic E-state index is 9.13. The number of aromatic nitrogens is 1. The average molecular weight is 438 g/mol. The summed E-state index contributed by atoms with van der Waals surface area (Å²) in [5, 5.41) is 9.13. The number of hydrogen-bond acceptors (Lipinski definition) is 4. The van der Waals surface area contributed by atoms with Gasteiger partial charge in [-0.15, -0.1) is 0 Å². The third-order valence-electron chi connectivity index (χ3n) is 5.91. The van der Waals surface area contributed by atoms with Gasteiger partial charge in [-0.2, -0.15) is 5.26 Å². The van der Waals surface area contributed by atoms with Crippen LogP contribution in [-0.2, 0) is 0 Å². The molecule has 0 saturated heterocycles. The molecule has 0 atom stereocenters. The van der Waals surface area contributed by atoms with E-state index in [0.29, 0.717) is 5.69 Å². The number of nitriles is 1. The molecular weight excluding hydrogens is 418 g/mol. The van der Waals surface area contributed by atoms with E-state index in [1.54, 1.807) is 6.07 Å². The van der Waals surface area contributed by atoms with E-state index < -0.39 is 0 Å². The van der Waals surface area contributed by atoms with Gasteiger partial charge in [-0.25, -0.2) is 4.98 Å². The van der Waals surface area contributed by atoms with E-state index in [0.717, 1.165) is 50.9 Å². The molecule has 4 nitrogen and oxygen atoms in total. The average Bonchev–Trinajstić information content (AvgIpc) is 2.92. The fourth-order valence-electron chi connectivity index (χ4n) is 4.30. The Labute approximate surface area is 198 Å². The smallest absolute Gasteiger partial charge is 0.151 e. The minimum Gasteiger partial charge on any atom is -0.453 e. The van der Waals surface area contributed by atoms with Gasteiger partial charge in [-0.05, 0) is 59.7 Å². The lowest BCUT2D eigenvalue weighted by molar-refractivity contribution is 0.477. The Balaban J connectivity index is 1.39. The zero-order chi connectivity index (χ0) is 22.9. The molecule has 4 aromatic carbocycles. The lowest BCUT2D eigenvalue weighted by atomic mass is 10.0. The number of para-hydroxylation sites is 4. The van der Waals surface area contributed by atoms with Gasteiger partial charge < -0.3 is 9.64 Å². The molecule has 6 rings (SSSR count). The molecule has 0 unspecified atom stereocenters. The molecule has 2 heterocycles. The lowest BCUT2D eigenvalue weighted by Crippen LogP contribution is -2.15. The van der Waals surface area contributed by atoms with Crippen molar-refractivity contribution >= 4 is 17.1 Å². The van der Waals surface area contributed by atoms with Crippen molar-refractivity contribution < 1.29 is 4.74 Å². The Morgan fingerprint density at radius 3 is 1.97 bits per heavy atom. The van der Waals surface area contributed by atoms with Crippen molar-refractivity contribution in [3.05, 3.63) is 121 Å². The van der Waals surface area contributed by atoms with Crippen LogP contribution in [-0.4, -0.2) is 4.98 Å². The van der Waals surface area contributed by atoms with Crippen molar-refractivity contribution in [3.8, 4) is 40.0 Å². The topological polar surface area (TPSA) is 49.2 Å². The number of benzene rings is 4. The summed E-state index contributed by atoms with van der Waals surface area (Å²) in [5.41, 5.74) is 7.50. The SMILES string of the molecule is N#Cc1cccc(-c2ccc(-c3cccc(N4c5ccccc5Oc5ccccc54)c3)cc2)n1. The van der Waals surface area contributed by atoms with Gasteiger partial charge in [0.25, 0.3) is 0 Å². The standard InChI is InChI=1S/C30H19N3O/c31-20-24-8-6-10-26(32-24)22-17-15-21(16-18-22)23-7-5-9-25(19-23)33-27-11-1-3-13-29(27)34-30-14-4-2-12-28(30)33/h1-19H. The zero-order valence-corrected chi connectivity index (χ0v) is 18.2. The second-order valence-electron chi connectivity index (χ2n) is 8.02. The minimum atomic E-state index is 0.417. The molecule has 34 heavy (non-hydrogen) atoms. The summed E-state index contributed by atoms with van der Waals surface area (Å²) < 4.78 is 6.15. The van der Waals surface area contributed by atoms with Gasteiger partial charge in [0.1, 0.15) is 11.8 Å². The summed E-state index contributed by atoms with van der Waals surface area (Å²) in [6.07, 6.45) is 0. The number of nitrogens with zero attached hydrogens (tertiary/aromatic N) is 3. The second kappa shape index (κ2) is 8.23. The molecule has 0 amide bonds. The molecule has 0 N–H and O–H groups in total. The largest absolute Gasteiger partial charge is 0.453 e. The highest BCUT2D eigenvalue weighted by molar-refractivity contribution is 5.87. The third-order valence-corrected chi connectivity index (χ3v) is 5.91. The molecule has 0 saturated carbocycles. The summed E-state index contributed by atoms with van der Waals surface area (Å²) in [5.74, 6) is 1.67. The molecule has 160 valence electrons. The molecule has 5 aromatic rings. The summed E-state index contributed by atoms with van der Waals surface area (Å²) in [7, 11) is 0. The monoisotopic (exact) mass is 437 g/mol. The van der Waals surface area contributed by atoms with E-state index in [1.165, 1.54) is 0 Å². The number of rotatable bonds is 3. The zero-order valence-electron chi connectivity index (χ0n) is 18.2. The molecule has 0 aliphatic carbocycles. The Hall–Kier alpha value is -4.88. The predicted molar refractivity (Wildman–Crippen MR) is 135 cm³/mol. The van der Waals surface area contributed by atoms with Gasteiger partial charge in [-0.3, -0.25) is 0 Å². The van der Waals surface area contributed by atoms with Crippen molar-refractivity contribution in [1.82, 2.24) is 4.98 Å². The predicted octanol–water partition coefficient (Wildman–Crippen LogP) is 7.86. The molecule has 0 spiro atoms. The summed E-state index contributed by atoms with van der Waals surface area (Å²) in [4.78, 5) is 6.64. The van der Waals surface area contributed by atoms with Crippen LogP contribution in [0, 0.1) is 11.3 Å². The number of anilines is 3. The van der Waals surface area contributed by atoms with Crippen LogP contribution >= 0.6 is 0 Å². The van der Waals surface area contributed by atoms with Crippen LogP contribution in [0.2, 0.25) is 0 Å². The normalized spacial score (nSPS) is 11.7. The van der Waals surface area contributed by atoms with E-state index in [4.69, 9.17) is 10.00 Å². The van der Waals surface area contributed by atoms with E-state index in [2.05, 4.69) is 64.5 Å². The number of pyridine rings is 1. The maximum Gasteiger partial charge on any atom is 0.151 e. The quantitative estimate of drug-likeness (QED) is 0.283. The Morgan fingerprint density at radius 1 is 0.618 bits per heavy atom. The molecule has 0 fully saturated rings. The Bertz CT molecular complexity index is 1500. The van der Waals surface area contributed by atoms with Crippen molar-refractivity contribution in [2.45, 2.75) is 0 Å². The number of ether oxygens (including phenoxy) is 1. The molecule has 1 aromatic heterocycles. The highest BCUT2D eigenvalue weighted by atomic mass is 16.5.